The Kier molecular flexibility index (Phi) is 1.08. The van der Waals surface area contributed by atoms with Crippen LogP contribution in [-0.2, 0) is 12.4 Å². The molecule has 5 heteroatoms. The molecule has 7 heavy (non-hydrogen) atoms. The average Bonchev–Trinajstić information content (AvgIpc) is 2.14. The van der Waals surface area contributed by atoms with Crippen molar-refractivity contribution < 1.29 is 0 Å². The van der Waals surface area contributed by atoms with E-state index < -0.39 is 0 Å². The number of aromatic amines is 1. The van der Waals surface area contributed by atoms with Crippen molar-refractivity contribution >= 4 is 18.2 Å². The topological polar surface area (TPSA) is 53.9 Å². The van der Waals surface area contributed by atoms with Crippen molar-refractivity contribution in [2.45, 2.75) is 0 Å². The molecule has 0 bridgehead atoms. The van der Waals surface area contributed by atoms with Crippen LogP contribution in [0.3, 0.4) is 0 Å². The molecule has 0 aliphatic carbocycles. The summed E-state index contributed by atoms with van der Waals surface area (Å²) >= 11 is 4.27. The summed E-state index contributed by atoms with van der Waals surface area (Å²) in [6.45, 7) is 0. The molecular formula is C2H2N4S. The molecule has 0 fully saturated rings. The zero-order chi connectivity index (χ0) is 5.11. The summed E-state index contributed by atoms with van der Waals surface area (Å²) in [4.78, 5) is 0. The van der Waals surface area contributed by atoms with Crippen LogP contribution in [0.2, 0.25) is 0 Å². The van der Waals surface area contributed by atoms with Crippen LogP contribution in [-0.4, -0.2) is 15.4 Å². The van der Waals surface area contributed by atoms with Crippen molar-refractivity contribution in [3.8, 4) is 0 Å². The van der Waals surface area contributed by atoms with Gasteiger partial charge >= 0.3 is 0 Å². The fraction of sp³-hybridized carbons (Fsp3) is 0. The van der Waals surface area contributed by atoms with Gasteiger partial charge in [-0.25, -0.2) is 0 Å². The van der Waals surface area contributed by atoms with Crippen molar-refractivity contribution in [1.29, 1.82) is 0 Å². The standard InChI is InChI=1S/C2H2N4S/c7-5-2-1-3-6-4-2/h1H,(H,3,4,6). The second kappa shape index (κ2) is 1.74. The van der Waals surface area contributed by atoms with Crippen LogP contribution in [0.25, 0.3) is 0 Å². The maximum atomic E-state index is 4.27. The molecule has 1 aromatic heterocycles. The molecule has 0 saturated carbocycles. The van der Waals surface area contributed by atoms with E-state index in [0.717, 1.165) is 0 Å². The fourth-order valence-corrected chi connectivity index (χ4v) is 0.328. The third-order valence-corrected chi connectivity index (χ3v) is 0.683. The van der Waals surface area contributed by atoms with Gasteiger partial charge in [-0.3, -0.25) is 0 Å². The quantitative estimate of drug-likeness (QED) is 0.566. The number of aromatic nitrogens is 3. The molecule has 1 N–H and O–H groups in total. The molecule has 0 unspecified atom stereocenters. The largest absolute Gasteiger partial charge is 0.206 e. The minimum Gasteiger partial charge on any atom is -0.196 e. The first-order valence-electron chi connectivity index (χ1n) is 1.62. The SMILES string of the molecule is S=Nc1cn[nH]n1. The van der Waals surface area contributed by atoms with Gasteiger partial charge in [0.25, 0.3) is 0 Å². The second-order valence-electron chi connectivity index (χ2n) is 0.919. The van der Waals surface area contributed by atoms with Crippen LogP contribution in [0.4, 0.5) is 5.82 Å². The highest BCUT2D eigenvalue weighted by Gasteiger charge is 1.83. The van der Waals surface area contributed by atoms with Crippen LogP contribution < -0.4 is 0 Å². The molecule has 0 aliphatic heterocycles. The third kappa shape index (κ3) is 0.774. The van der Waals surface area contributed by atoms with E-state index in [9.17, 15) is 0 Å². The highest BCUT2D eigenvalue weighted by Crippen LogP contribution is 1.97. The maximum absolute atomic E-state index is 4.27. The molecule has 1 heterocycles. The number of hydrogen-bond donors (Lipinski definition) is 1. The second-order valence-corrected chi connectivity index (χ2v) is 1.10. The minimum absolute atomic E-state index is 0.454. The molecule has 36 valence electrons. The van der Waals surface area contributed by atoms with Gasteiger partial charge in [0.2, 0.25) is 5.82 Å². The summed E-state index contributed by atoms with van der Waals surface area (Å²) in [7, 11) is 0. The van der Waals surface area contributed by atoms with Gasteiger partial charge in [-0.05, 0) is 0 Å². The van der Waals surface area contributed by atoms with Crippen LogP contribution >= 0.6 is 0 Å². The third-order valence-electron chi connectivity index (χ3n) is 0.496. The van der Waals surface area contributed by atoms with E-state index in [-0.39, 0.29) is 0 Å². The number of rotatable bonds is 1. The van der Waals surface area contributed by atoms with Crippen LogP contribution in [0, 0.1) is 0 Å². The number of hydrogen-bond acceptors (Lipinski definition) is 4. The molecular weight excluding hydrogens is 112 g/mol. The summed E-state index contributed by atoms with van der Waals surface area (Å²) in [6.07, 6.45) is 1.45. The lowest BCUT2D eigenvalue weighted by molar-refractivity contribution is 0.940. The Morgan fingerprint density at radius 2 is 2.71 bits per heavy atom. The van der Waals surface area contributed by atoms with E-state index in [4.69, 9.17) is 0 Å². The lowest BCUT2D eigenvalue weighted by Gasteiger charge is -1.65. The molecule has 1 rings (SSSR count). The van der Waals surface area contributed by atoms with Crippen LogP contribution in [0.1, 0.15) is 0 Å². The molecule has 1 aromatic rings. The molecule has 4 nitrogen and oxygen atoms in total. The van der Waals surface area contributed by atoms with Gasteiger partial charge in [0.1, 0.15) is 0 Å². The van der Waals surface area contributed by atoms with Gasteiger partial charge in [0.15, 0.2) is 0 Å². The monoisotopic (exact) mass is 114 g/mol. The highest BCUT2D eigenvalue weighted by molar-refractivity contribution is 7.47. The van der Waals surface area contributed by atoms with Crippen molar-refractivity contribution in [2.75, 3.05) is 0 Å². The maximum Gasteiger partial charge on any atom is 0.206 e. The summed E-state index contributed by atoms with van der Waals surface area (Å²) in [6, 6.07) is 0. The predicted molar refractivity (Wildman–Crippen MR) is 25.8 cm³/mol. The zero-order valence-corrected chi connectivity index (χ0v) is 4.14. The number of H-pyrrole nitrogens is 1. The predicted octanol–water partition coefficient (Wildman–Crippen LogP) is 0.167. The van der Waals surface area contributed by atoms with Gasteiger partial charge in [0, 0.05) is 12.4 Å². The summed E-state index contributed by atoms with van der Waals surface area (Å²) in [5, 5.41) is 9.34. The van der Waals surface area contributed by atoms with Crippen molar-refractivity contribution in [3.05, 3.63) is 6.20 Å². The summed E-state index contributed by atoms with van der Waals surface area (Å²) in [5.74, 6) is 0.454. The highest BCUT2D eigenvalue weighted by atomic mass is 32.1. The van der Waals surface area contributed by atoms with Gasteiger partial charge in [-0.2, -0.15) is 14.7 Å². The lowest BCUT2D eigenvalue weighted by atomic mass is 10.8. The van der Waals surface area contributed by atoms with E-state index in [1.807, 2.05) is 0 Å². The summed E-state index contributed by atoms with van der Waals surface area (Å²) < 4.78 is 3.31. The van der Waals surface area contributed by atoms with Gasteiger partial charge in [0.05, 0.1) is 6.20 Å². The van der Waals surface area contributed by atoms with Crippen molar-refractivity contribution in [3.63, 3.8) is 0 Å². The molecule has 0 aromatic carbocycles. The van der Waals surface area contributed by atoms with E-state index in [1.165, 1.54) is 6.20 Å². The van der Waals surface area contributed by atoms with Crippen molar-refractivity contribution in [1.82, 2.24) is 15.4 Å². The molecule has 0 spiro atoms. The Labute approximate surface area is 45.1 Å². The van der Waals surface area contributed by atoms with Gasteiger partial charge in [-0.15, -0.1) is 5.10 Å². The van der Waals surface area contributed by atoms with Crippen LogP contribution in [0.5, 0.6) is 0 Å². The minimum atomic E-state index is 0.454. The Balaban J connectivity index is 2.96. The van der Waals surface area contributed by atoms with Gasteiger partial charge < -0.3 is 0 Å². The molecule has 0 atom stereocenters. The Morgan fingerprint density at radius 1 is 1.86 bits per heavy atom. The first kappa shape index (κ1) is 4.32. The fourth-order valence-electron chi connectivity index (χ4n) is 0.240. The molecule has 0 radical (unpaired) electrons. The van der Waals surface area contributed by atoms with Crippen LogP contribution in [0.15, 0.2) is 10.6 Å². The Morgan fingerprint density at radius 3 is 3.00 bits per heavy atom. The molecule has 0 saturated heterocycles. The van der Waals surface area contributed by atoms with Gasteiger partial charge in [-0.1, -0.05) is 0 Å². The smallest absolute Gasteiger partial charge is 0.196 e. The first-order chi connectivity index (χ1) is 3.43. The molecule has 0 amide bonds. The Hall–Kier alpha value is -0.840. The van der Waals surface area contributed by atoms with Crippen molar-refractivity contribution in [2.24, 2.45) is 4.36 Å². The number of nitrogens with zero attached hydrogens (tertiary/aromatic N) is 3. The van der Waals surface area contributed by atoms with E-state index >= 15 is 0 Å². The summed E-state index contributed by atoms with van der Waals surface area (Å²) in [5.41, 5.74) is 0. The van der Waals surface area contributed by atoms with E-state index in [2.05, 4.69) is 32.2 Å². The number of nitrogens with one attached hydrogen (secondary N) is 1. The lowest BCUT2D eigenvalue weighted by Crippen LogP contribution is -1.63. The first-order valence-corrected chi connectivity index (χ1v) is 1.99. The average molecular weight is 114 g/mol. The van der Waals surface area contributed by atoms with E-state index in [0.29, 0.717) is 5.82 Å². The zero-order valence-electron chi connectivity index (χ0n) is 3.33. The Bertz CT molecular complexity index is 145. The van der Waals surface area contributed by atoms with E-state index in [1.54, 1.807) is 0 Å². The normalized spacial score (nSPS) is 8.57. The molecule has 0 aliphatic rings.